The summed E-state index contributed by atoms with van der Waals surface area (Å²) >= 11 is 0. The maximum absolute atomic E-state index is 5.28. The summed E-state index contributed by atoms with van der Waals surface area (Å²) in [5.74, 6) is 0.753. The van der Waals surface area contributed by atoms with Crippen LogP contribution < -0.4 is 10.1 Å². The lowest BCUT2D eigenvalue weighted by molar-refractivity contribution is 0.417. The van der Waals surface area contributed by atoms with Gasteiger partial charge in [-0.3, -0.25) is 0 Å². The summed E-state index contributed by atoms with van der Waals surface area (Å²) in [5.41, 5.74) is 3.70. The predicted octanol–water partition coefficient (Wildman–Crippen LogP) is 4.46. The zero-order chi connectivity index (χ0) is 13.7. The molecule has 98 valence electrons. The SMILES string of the molecule is CNc1ccc(N=Nc2cccc(C)c2)cc1OC. The Morgan fingerprint density at radius 3 is 2.37 bits per heavy atom. The molecule has 0 atom stereocenters. The van der Waals surface area contributed by atoms with E-state index in [0.29, 0.717) is 0 Å². The van der Waals surface area contributed by atoms with Crippen molar-refractivity contribution >= 4 is 17.1 Å². The lowest BCUT2D eigenvalue weighted by Gasteiger charge is -2.07. The summed E-state index contributed by atoms with van der Waals surface area (Å²) in [6.45, 7) is 2.03. The first-order valence-corrected chi connectivity index (χ1v) is 6.07. The van der Waals surface area contributed by atoms with Crippen LogP contribution in [0.5, 0.6) is 5.75 Å². The van der Waals surface area contributed by atoms with Crippen molar-refractivity contribution in [1.82, 2.24) is 0 Å². The van der Waals surface area contributed by atoms with Crippen molar-refractivity contribution in [3.8, 4) is 5.75 Å². The number of rotatable bonds is 4. The molecular formula is C15H17N3O. The fraction of sp³-hybridized carbons (Fsp3) is 0.200. The highest BCUT2D eigenvalue weighted by Crippen LogP contribution is 2.29. The first kappa shape index (κ1) is 13.1. The van der Waals surface area contributed by atoms with E-state index in [9.17, 15) is 0 Å². The lowest BCUT2D eigenvalue weighted by atomic mass is 10.2. The maximum Gasteiger partial charge on any atom is 0.144 e. The van der Waals surface area contributed by atoms with Crippen molar-refractivity contribution in [3.63, 3.8) is 0 Å². The van der Waals surface area contributed by atoms with Crippen LogP contribution in [0.2, 0.25) is 0 Å². The van der Waals surface area contributed by atoms with E-state index in [2.05, 4.69) is 15.5 Å². The molecule has 0 aliphatic heterocycles. The molecule has 0 aliphatic rings. The average molecular weight is 255 g/mol. The predicted molar refractivity (Wildman–Crippen MR) is 77.9 cm³/mol. The summed E-state index contributed by atoms with van der Waals surface area (Å²) in [5, 5.41) is 11.5. The molecule has 0 amide bonds. The summed E-state index contributed by atoms with van der Waals surface area (Å²) in [7, 11) is 3.49. The molecule has 2 rings (SSSR count). The Hall–Kier alpha value is -2.36. The summed E-state index contributed by atoms with van der Waals surface area (Å²) in [6, 6.07) is 13.6. The van der Waals surface area contributed by atoms with Gasteiger partial charge in [-0.05, 0) is 36.8 Å². The fourth-order valence-corrected chi connectivity index (χ4v) is 1.75. The molecule has 0 heterocycles. The van der Waals surface area contributed by atoms with Gasteiger partial charge in [0, 0.05) is 13.1 Å². The molecule has 0 spiro atoms. The minimum absolute atomic E-state index is 0.753. The molecular weight excluding hydrogens is 238 g/mol. The minimum atomic E-state index is 0.753. The van der Waals surface area contributed by atoms with Gasteiger partial charge >= 0.3 is 0 Å². The highest BCUT2D eigenvalue weighted by atomic mass is 16.5. The van der Waals surface area contributed by atoms with Gasteiger partial charge in [-0.1, -0.05) is 12.1 Å². The maximum atomic E-state index is 5.28. The third kappa shape index (κ3) is 3.31. The van der Waals surface area contributed by atoms with Crippen LogP contribution in [0.1, 0.15) is 5.56 Å². The van der Waals surface area contributed by atoms with Crippen LogP contribution >= 0.6 is 0 Å². The van der Waals surface area contributed by atoms with Crippen molar-refractivity contribution < 1.29 is 4.74 Å². The van der Waals surface area contributed by atoms with Crippen molar-refractivity contribution in [2.24, 2.45) is 10.2 Å². The molecule has 2 aromatic rings. The Balaban J connectivity index is 2.23. The number of nitrogens with one attached hydrogen (secondary N) is 1. The van der Waals surface area contributed by atoms with Crippen LogP contribution in [0.4, 0.5) is 17.1 Å². The first-order chi connectivity index (χ1) is 9.22. The van der Waals surface area contributed by atoms with Crippen LogP contribution in [0, 0.1) is 6.92 Å². The highest BCUT2D eigenvalue weighted by molar-refractivity contribution is 5.61. The van der Waals surface area contributed by atoms with Crippen LogP contribution in [0.25, 0.3) is 0 Å². The van der Waals surface area contributed by atoms with Gasteiger partial charge in [0.1, 0.15) is 5.75 Å². The van der Waals surface area contributed by atoms with Gasteiger partial charge in [0.2, 0.25) is 0 Å². The number of hydrogen-bond donors (Lipinski definition) is 1. The summed E-state index contributed by atoms with van der Waals surface area (Å²) < 4.78 is 5.28. The Kier molecular flexibility index (Phi) is 4.13. The van der Waals surface area contributed by atoms with E-state index in [0.717, 1.165) is 22.8 Å². The zero-order valence-corrected chi connectivity index (χ0v) is 11.3. The van der Waals surface area contributed by atoms with Gasteiger partial charge in [-0.2, -0.15) is 10.2 Å². The number of benzene rings is 2. The normalized spacial score (nSPS) is 10.7. The first-order valence-electron chi connectivity index (χ1n) is 6.07. The second kappa shape index (κ2) is 6.00. The van der Waals surface area contributed by atoms with E-state index in [-0.39, 0.29) is 0 Å². The number of aryl methyl sites for hydroxylation is 1. The van der Waals surface area contributed by atoms with Crippen LogP contribution in [-0.4, -0.2) is 14.2 Å². The van der Waals surface area contributed by atoms with Gasteiger partial charge < -0.3 is 10.1 Å². The Bertz CT molecular complexity index is 594. The average Bonchev–Trinajstić information content (AvgIpc) is 2.45. The molecule has 4 heteroatoms. The van der Waals surface area contributed by atoms with Gasteiger partial charge in [0.25, 0.3) is 0 Å². The number of anilines is 1. The number of methoxy groups -OCH3 is 1. The van der Waals surface area contributed by atoms with E-state index >= 15 is 0 Å². The molecule has 1 N–H and O–H groups in total. The molecule has 0 bridgehead atoms. The number of hydrogen-bond acceptors (Lipinski definition) is 4. The van der Waals surface area contributed by atoms with E-state index in [1.807, 2.05) is 56.4 Å². The zero-order valence-electron chi connectivity index (χ0n) is 11.3. The molecule has 0 saturated heterocycles. The van der Waals surface area contributed by atoms with E-state index < -0.39 is 0 Å². The van der Waals surface area contributed by atoms with Crippen molar-refractivity contribution in [2.45, 2.75) is 6.92 Å². The second-order valence-electron chi connectivity index (χ2n) is 4.17. The largest absolute Gasteiger partial charge is 0.495 e. The molecule has 0 radical (unpaired) electrons. The monoisotopic (exact) mass is 255 g/mol. The van der Waals surface area contributed by atoms with Gasteiger partial charge in [-0.25, -0.2) is 0 Å². The molecule has 0 saturated carbocycles. The Morgan fingerprint density at radius 1 is 1.00 bits per heavy atom. The Labute approximate surface area is 113 Å². The minimum Gasteiger partial charge on any atom is -0.495 e. The molecule has 0 aromatic heterocycles. The van der Waals surface area contributed by atoms with E-state index in [1.54, 1.807) is 7.11 Å². The number of azo groups is 1. The summed E-state index contributed by atoms with van der Waals surface area (Å²) in [4.78, 5) is 0. The van der Waals surface area contributed by atoms with Gasteiger partial charge in [0.05, 0.1) is 24.2 Å². The van der Waals surface area contributed by atoms with E-state index in [4.69, 9.17) is 4.74 Å². The summed E-state index contributed by atoms with van der Waals surface area (Å²) in [6.07, 6.45) is 0. The molecule has 4 nitrogen and oxygen atoms in total. The van der Waals surface area contributed by atoms with Crippen molar-refractivity contribution in [2.75, 3.05) is 19.5 Å². The van der Waals surface area contributed by atoms with Crippen LogP contribution in [-0.2, 0) is 0 Å². The molecule has 0 aliphatic carbocycles. The second-order valence-corrected chi connectivity index (χ2v) is 4.17. The topological polar surface area (TPSA) is 46.0 Å². The fourth-order valence-electron chi connectivity index (χ4n) is 1.75. The van der Waals surface area contributed by atoms with Crippen LogP contribution in [0.15, 0.2) is 52.7 Å². The van der Waals surface area contributed by atoms with Gasteiger partial charge in [0.15, 0.2) is 0 Å². The van der Waals surface area contributed by atoms with Crippen molar-refractivity contribution in [1.29, 1.82) is 0 Å². The van der Waals surface area contributed by atoms with Crippen molar-refractivity contribution in [3.05, 3.63) is 48.0 Å². The number of nitrogens with zero attached hydrogens (tertiary/aromatic N) is 2. The third-order valence-corrected chi connectivity index (χ3v) is 2.74. The molecule has 0 fully saturated rings. The quantitative estimate of drug-likeness (QED) is 0.820. The molecule has 0 unspecified atom stereocenters. The highest BCUT2D eigenvalue weighted by Gasteiger charge is 2.01. The molecule has 19 heavy (non-hydrogen) atoms. The lowest BCUT2D eigenvalue weighted by Crippen LogP contribution is -1.92. The van der Waals surface area contributed by atoms with Crippen LogP contribution in [0.3, 0.4) is 0 Å². The molecule has 2 aromatic carbocycles. The standard InChI is InChI=1S/C15H17N3O/c1-11-5-4-6-12(9-11)17-18-13-7-8-14(16-2)15(10-13)19-3/h4-10,16H,1-3H3. The number of ether oxygens (including phenoxy) is 1. The Morgan fingerprint density at radius 2 is 1.74 bits per heavy atom. The van der Waals surface area contributed by atoms with Gasteiger partial charge in [-0.15, -0.1) is 0 Å². The van der Waals surface area contributed by atoms with E-state index in [1.165, 1.54) is 5.56 Å². The third-order valence-electron chi connectivity index (χ3n) is 2.74. The smallest absolute Gasteiger partial charge is 0.144 e.